The smallest absolute Gasteiger partial charge is 0.224 e. The van der Waals surface area contributed by atoms with Gasteiger partial charge in [-0.2, -0.15) is 0 Å². The lowest BCUT2D eigenvalue weighted by atomic mass is 10.1. The van der Waals surface area contributed by atoms with Gasteiger partial charge in [0.1, 0.15) is 0 Å². The Morgan fingerprint density at radius 3 is 1.53 bits per heavy atom. The van der Waals surface area contributed by atoms with Crippen molar-refractivity contribution in [2.45, 2.75) is 40.5 Å². The summed E-state index contributed by atoms with van der Waals surface area (Å²) in [6, 6.07) is 0. The number of rotatable bonds is 6. The zero-order valence-corrected chi connectivity index (χ0v) is 10.1. The topological polar surface area (TPSA) is 58.2 Å². The largest absolute Gasteiger partial charge is 0.338 e. The summed E-state index contributed by atoms with van der Waals surface area (Å²) in [5.41, 5.74) is 0. The maximum Gasteiger partial charge on any atom is 0.224 e. The van der Waals surface area contributed by atoms with E-state index in [9.17, 15) is 9.59 Å². The normalized spacial score (nSPS) is 14.1. The zero-order valence-electron chi connectivity index (χ0n) is 10.1. The van der Waals surface area contributed by atoms with Crippen LogP contribution in [0, 0.1) is 11.8 Å². The highest BCUT2D eigenvalue weighted by atomic mass is 16.2. The van der Waals surface area contributed by atoms with Crippen molar-refractivity contribution in [3.8, 4) is 0 Å². The summed E-state index contributed by atoms with van der Waals surface area (Å²) in [5.74, 6) is -0.0140. The van der Waals surface area contributed by atoms with Gasteiger partial charge in [-0.25, -0.2) is 0 Å². The molecule has 0 aliphatic rings. The Morgan fingerprint density at radius 1 is 0.933 bits per heavy atom. The van der Waals surface area contributed by atoms with Gasteiger partial charge in [0.25, 0.3) is 0 Å². The minimum absolute atomic E-state index is 0.00509. The molecule has 0 spiro atoms. The van der Waals surface area contributed by atoms with Gasteiger partial charge in [0, 0.05) is 11.8 Å². The van der Waals surface area contributed by atoms with E-state index in [0.717, 1.165) is 12.8 Å². The summed E-state index contributed by atoms with van der Waals surface area (Å²) in [5, 5.41) is 5.34. The van der Waals surface area contributed by atoms with E-state index in [0.29, 0.717) is 0 Å². The number of hydrogen-bond donors (Lipinski definition) is 2. The van der Waals surface area contributed by atoms with Crippen molar-refractivity contribution in [2.75, 3.05) is 6.67 Å². The predicted molar refractivity (Wildman–Crippen MR) is 60.1 cm³/mol. The van der Waals surface area contributed by atoms with Crippen molar-refractivity contribution < 1.29 is 9.59 Å². The molecule has 0 saturated heterocycles. The van der Waals surface area contributed by atoms with Crippen LogP contribution in [0.4, 0.5) is 0 Å². The molecule has 0 fully saturated rings. The first-order chi connectivity index (χ1) is 7.02. The number of hydrogen-bond acceptors (Lipinski definition) is 2. The van der Waals surface area contributed by atoms with Crippen molar-refractivity contribution in [3.05, 3.63) is 0 Å². The minimum atomic E-state index is -0.0121. The van der Waals surface area contributed by atoms with Crippen molar-refractivity contribution in [1.29, 1.82) is 0 Å². The first-order valence-corrected chi connectivity index (χ1v) is 5.58. The molecule has 2 atom stereocenters. The van der Waals surface area contributed by atoms with Crippen molar-refractivity contribution in [1.82, 2.24) is 10.6 Å². The lowest BCUT2D eigenvalue weighted by Crippen LogP contribution is -2.41. The Morgan fingerprint density at radius 2 is 1.27 bits per heavy atom. The van der Waals surface area contributed by atoms with Crippen LogP contribution in [0.15, 0.2) is 0 Å². The summed E-state index contributed by atoms with van der Waals surface area (Å²) in [4.78, 5) is 22.7. The second kappa shape index (κ2) is 7.26. The highest BCUT2D eigenvalue weighted by Crippen LogP contribution is 2.00. The quantitative estimate of drug-likeness (QED) is 0.654. The lowest BCUT2D eigenvalue weighted by molar-refractivity contribution is -0.126. The highest BCUT2D eigenvalue weighted by molar-refractivity contribution is 5.80. The van der Waals surface area contributed by atoms with Crippen LogP contribution in [0.1, 0.15) is 40.5 Å². The molecule has 2 N–H and O–H groups in total. The van der Waals surface area contributed by atoms with Crippen molar-refractivity contribution in [3.63, 3.8) is 0 Å². The van der Waals surface area contributed by atoms with Crippen LogP contribution < -0.4 is 10.6 Å². The Hall–Kier alpha value is -1.06. The molecule has 0 aliphatic heterocycles. The molecule has 88 valence electrons. The molecule has 0 heterocycles. The molecule has 4 heteroatoms. The van der Waals surface area contributed by atoms with Crippen LogP contribution in [0.3, 0.4) is 0 Å². The van der Waals surface area contributed by atoms with Gasteiger partial charge < -0.3 is 10.6 Å². The van der Waals surface area contributed by atoms with Crippen LogP contribution in [0.25, 0.3) is 0 Å². The van der Waals surface area contributed by atoms with Crippen molar-refractivity contribution >= 4 is 11.8 Å². The maximum atomic E-state index is 11.3. The Balaban J connectivity index is 3.70. The number of nitrogens with one attached hydrogen (secondary N) is 2. The summed E-state index contributed by atoms with van der Waals surface area (Å²) in [7, 11) is 0. The van der Waals surface area contributed by atoms with Crippen LogP contribution in [-0.4, -0.2) is 18.5 Å². The molecule has 0 radical (unpaired) electrons. The van der Waals surface area contributed by atoms with Gasteiger partial charge >= 0.3 is 0 Å². The summed E-state index contributed by atoms with van der Waals surface area (Å²) >= 11 is 0. The maximum absolute atomic E-state index is 11.3. The van der Waals surface area contributed by atoms with Crippen LogP contribution in [0.2, 0.25) is 0 Å². The fourth-order valence-electron chi connectivity index (χ4n) is 0.938. The molecular formula is C11H22N2O2. The summed E-state index contributed by atoms with van der Waals surface area (Å²) < 4.78 is 0. The molecule has 15 heavy (non-hydrogen) atoms. The lowest BCUT2D eigenvalue weighted by Gasteiger charge is -2.13. The van der Waals surface area contributed by atoms with Gasteiger partial charge in [0.15, 0.2) is 0 Å². The second-order valence-corrected chi connectivity index (χ2v) is 3.88. The summed E-state index contributed by atoms with van der Waals surface area (Å²) in [6.45, 7) is 7.88. The average molecular weight is 214 g/mol. The first kappa shape index (κ1) is 13.9. The van der Waals surface area contributed by atoms with Crippen LogP contribution in [-0.2, 0) is 9.59 Å². The molecule has 0 aromatic heterocycles. The Labute approximate surface area is 91.8 Å². The third kappa shape index (κ3) is 5.40. The molecule has 0 aromatic carbocycles. The van der Waals surface area contributed by atoms with Gasteiger partial charge in [0.2, 0.25) is 11.8 Å². The number of carbonyl (C=O) groups excluding carboxylic acids is 2. The van der Waals surface area contributed by atoms with Crippen molar-refractivity contribution in [2.24, 2.45) is 11.8 Å². The molecule has 0 saturated carbocycles. The predicted octanol–water partition coefficient (Wildman–Crippen LogP) is 1.27. The Bertz CT molecular complexity index is 195. The van der Waals surface area contributed by atoms with E-state index in [1.165, 1.54) is 0 Å². The van der Waals surface area contributed by atoms with E-state index < -0.39 is 0 Å². The molecule has 2 amide bonds. The zero-order chi connectivity index (χ0) is 11.8. The fraction of sp³-hybridized carbons (Fsp3) is 0.818. The minimum Gasteiger partial charge on any atom is -0.338 e. The third-order valence-electron chi connectivity index (χ3n) is 2.65. The van der Waals surface area contributed by atoms with Gasteiger partial charge in [-0.15, -0.1) is 0 Å². The van der Waals surface area contributed by atoms with E-state index in [1.807, 2.05) is 27.7 Å². The molecule has 0 rings (SSSR count). The van der Waals surface area contributed by atoms with E-state index in [4.69, 9.17) is 0 Å². The standard InChI is InChI=1S/C11H22N2O2/c1-5-8(3)10(14)12-7-13-11(15)9(4)6-2/h8-9H,5-7H2,1-4H3,(H,12,14)(H,13,15). The van der Waals surface area contributed by atoms with Gasteiger partial charge in [-0.05, 0) is 12.8 Å². The Kier molecular flexibility index (Phi) is 6.75. The van der Waals surface area contributed by atoms with E-state index in [1.54, 1.807) is 0 Å². The SMILES string of the molecule is CCC(C)C(=O)NCNC(=O)C(C)CC. The van der Waals surface area contributed by atoms with E-state index in [-0.39, 0.29) is 30.3 Å². The third-order valence-corrected chi connectivity index (χ3v) is 2.65. The molecule has 0 aromatic rings. The van der Waals surface area contributed by atoms with Gasteiger partial charge in [-0.1, -0.05) is 27.7 Å². The molecular weight excluding hydrogens is 192 g/mol. The van der Waals surface area contributed by atoms with Crippen LogP contribution in [0.5, 0.6) is 0 Å². The summed E-state index contributed by atoms with van der Waals surface area (Å²) in [6.07, 6.45) is 1.62. The molecule has 0 aliphatic carbocycles. The number of amides is 2. The second-order valence-electron chi connectivity index (χ2n) is 3.88. The highest BCUT2D eigenvalue weighted by Gasteiger charge is 2.12. The molecule has 0 bridgehead atoms. The monoisotopic (exact) mass is 214 g/mol. The molecule has 2 unspecified atom stereocenters. The van der Waals surface area contributed by atoms with E-state index in [2.05, 4.69) is 10.6 Å². The number of carbonyl (C=O) groups is 2. The first-order valence-electron chi connectivity index (χ1n) is 5.58. The van der Waals surface area contributed by atoms with E-state index >= 15 is 0 Å². The fourth-order valence-corrected chi connectivity index (χ4v) is 0.938. The average Bonchev–Trinajstić information content (AvgIpc) is 2.26. The van der Waals surface area contributed by atoms with Gasteiger partial charge in [0.05, 0.1) is 6.67 Å². The van der Waals surface area contributed by atoms with Gasteiger partial charge in [-0.3, -0.25) is 9.59 Å². The van der Waals surface area contributed by atoms with Crippen LogP contribution >= 0.6 is 0 Å². The molecule has 4 nitrogen and oxygen atoms in total.